The molecule has 0 bridgehead atoms. The smallest absolute Gasteiger partial charge is 0.283 e. The van der Waals surface area contributed by atoms with Crippen LogP contribution in [0.2, 0.25) is 0 Å². The van der Waals surface area contributed by atoms with E-state index >= 15 is 0 Å². The first kappa shape index (κ1) is 34.3. The Morgan fingerprint density at radius 2 is 1.22 bits per heavy atom. The quantitative estimate of drug-likeness (QED) is 0.125. The average Bonchev–Trinajstić information content (AvgIpc) is 3.72. The molecule has 4 aromatic carbocycles. The number of aryl methyl sites for hydroxylation is 1. The molecule has 1 aromatic heterocycles. The molecule has 2 saturated heterocycles. The molecule has 0 spiro atoms. The number of hydrogen-bond acceptors (Lipinski definition) is 7. The number of rotatable bonds is 15. The van der Waals surface area contributed by atoms with E-state index in [-0.39, 0.29) is 6.61 Å². The van der Waals surface area contributed by atoms with Crippen LogP contribution < -0.4 is 4.57 Å². The zero-order valence-electron chi connectivity index (χ0n) is 28.6. The van der Waals surface area contributed by atoms with Gasteiger partial charge in [-0.05, 0) is 27.8 Å². The lowest BCUT2D eigenvalue weighted by atomic mass is 9.98. The Morgan fingerprint density at radius 1 is 0.660 bits per heavy atom. The molecule has 6 atom stereocenters. The Labute approximate surface area is 293 Å². The first-order chi connectivity index (χ1) is 24.5. The minimum Gasteiger partial charge on any atom is -0.374 e. The fraction of sp³-hybridized carbons (Fsp3) is 0.341. The number of aromatic nitrogens is 2. The van der Waals surface area contributed by atoms with Gasteiger partial charge < -0.3 is 28.4 Å². The maximum atomic E-state index is 6.67. The normalized spacial score (nSPS) is 24.6. The lowest BCUT2D eigenvalue weighted by molar-refractivity contribution is -0.671. The molecule has 2 fully saturated rings. The van der Waals surface area contributed by atoms with Gasteiger partial charge in [0, 0.05) is 6.92 Å². The third-order valence-electron chi connectivity index (χ3n) is 8.95. The molecule has 260 valence electrons. The summed E-state index contributed by atoms with van der Waals surface area (Å²) in [6, 6.07) is 38.6. The molecule has 0 amide bonds. The van der Waals surface area contributed by atoms with Crippen molar-refractivity contribution in [2.45, 2.75) is 76.6 Å². The lowest BCUT2D eigenvalue weighted by Crippen LogP contribution is -2.59. The number of nitrogens with zero attached hydrogens (tertiary/aromatic N) is 2. The minimum atomic E-state index is -1.37. The summed E-state index contributed by atoms with van der Waals surface area (Å²) in [5.41, 5.74) is 5.37. The minimum absolute atomic E-state index is 0.275. The molecule has 7 rings (SSSR count). The number of benzene rings is 4. The van der Waals surface area contributed by atoms with Crippen LogP contribution in [0.3, 0.4) is 0 Å². The highest BCUT2D eigenvalue weighted by Gasteiger charge is 2.57. The van der Waals surface area contributed by atoms with Crippen LogP contribution in [-0.4, -0.2) is 47.9 Å². The van der Waals surface area contributed by atoms with Gasteiger partial charge in [-0.2, -0.15) is 0 Å². The fourth-order valence-electron chi connectivity index (χ4n) is 6.34. The second-order valence-corrected chi connectivity index (χ2v) is 13.0. The number of fused-ring (bicyclic) bond motifs is 1. The van der Waals surface area contributed by atoms with Crippen molar-refractivity contribution in [2.75, 3.05) is 6.61 Å². The first-order valence-electron chi connectivity index (χ1n) is 17.2. The predicted molar refractivity (Wildman–Crippen MR) is 185 cm³/mol. The third-order valence-corrected chi connectivity index (χ3v) is 8.95. The number of imidazole rings is 1. The van der Waals surface area contributed by atoms with Crippen LogP contribution in [0.25, 0.3) is 0 Å². The van der Waals surface area contributed by atoms with E-state index in [1.807, 2.05) is 109 Å². The molecule has 9 nitrogen and oxygen atoms in total. The van der Waals surface area contributed by atoms with Crippen LogP contribution >= 0.6 is 0 Å². The van der Waals surface area contributed by atoms with Crippen LogP contribution in [0.5, 0.6) is 0 Å². The van der Waals surface area contributed by atoms with Gasteiger partial charge in [0.1, 0.15) is 43.4 Å². The number of hydrogen-bond donors (Lipinski definition) is 0. The molecular formula is C41H45N2O7+. The highest BCUT2D eigenvalue weighted by molar-refractivity contribution is 5.22. The molecule has 2 aliphatic heterocycles. The van der Waals surface area contributed by atoms with Gasteiger partial charge in [0.05, 0.1) is 40.1 Å². The van der Waals surface area contributed by atoms with Gasteiger partial charge in [-0.15, -0.1) is 0 Å². The summed E-state index contributed by atoms with van der Waals surface area (Å²) < 4.78 is 49.6. The van der Waals surface area contributed by atoms with Gasteiger partial charge in [-0.3, -0.25) is 4.74 Å². The topological polar surface area (TPSA) is 73.4 Å². The first-order valence-corrected chi connectivity index (χ1v) is 17.2. The molecule has 3 heterocycles. The van der Waals surface area contributed by atoms with E-state index in [0.29, 0.717) is 26.4 Å². The molecular weight excluding hydrogens is 632 g/mol. The van der Waals surface area contributed by atoms with Gasteiger partial charge in [-0.1, -0.05) is 115 Å². The zero-order valence-corrected chi connectivity index (χ0v) is 28.6. The zero-order chi connectivity index (χ0) is 34.2. The fourth-order valence-corrected chi connectivity index (χ4v) is 6.34. The van der Waals surface area contributed by atoms with E-state index in [4.69, 9.17) is 33.2 Å². The molecule has 0 saturated carbocycles. The van der Waals surface area contributed by atoms with Crippen molar-refractivity contribution in [3.05, 3.63) is 162 Å². The largest absolute Gasteiger partial charge is 0.374 e. The van der Waals surface area contributed by atoms with Crippen LogP contribution in [0.1, 0.15) is 34.7 Å². The maximum Gasteiger partial charge on any atom is 0.283 e. The van der Waals surface area contributed by atoms with Crippen LogP contribution in [0, 0.1) is 0 Å². The molecule has 50 heavy (non-hydrogen) atoms. The van der Waals surface area contributed by atoms with Crippen LogP contribution in [-0.2, 0) is 73.2 Å². The van der Waals surface area contributed by atoms with Gasteiger partial charge in [0.2, 0.25) is 6.33 Å². The molecule has 0 aliphatic carbocycles. The van der Waals surface area contributed by atoms with Gasteiger partial charge >= 0.3 is 0 Å². The second-order valence-electron chi connectivity index (χ2n) is 13.0. The summed E-state index contributed by atoms with van der Waals surface area (Å²) in [5.74, 6) is -1.37. The summed E-state index contributed by atoms with van der Waals surface area (Å²) >= 11 is 0. The Kier molecular flexibility index (Phi) is 11.1. The average molecular weight is 678 g/mol. The van der Waals surface area contributed by atoms with Crippen molar-refractivity contribution in [1.29, 1.82) is 0 Å². The molecule has 0 radical (unpaired) electrons. The van der Waals surface area contributed by atoms with E-state index in [1.54, 1.807) is 6.92 Å². The summed E-state index contributed by atoms with van der Waals surface area (Å²) in [5, 5.41) is 0. The summed E-state index contributed by atoms with van der Waals surface area (Å²) in [6.45, 7) is 4.33. The number of ether oxygens (including phenoxy) is 7. The standard InChI is InChI=1S/C41H45N2O7/c1-41(47-28-35-20-18-31(19-21-35)24-43-23-22-42(2)30-43)49-39-38(46-27-34-16-10-5-11-17-34)37(45-26-33-14-8-4-9-15-33)36(48-40(39)50-41)29-44-25-32-12-6-3-7-13-32/h3-23,30,36-40H,24-29H2,1-2H3/q+1/t36-,37-,38+,39+,40+,41?/m1/s1. The summed E-state index contributed by atoms with van der Waals surface area (Å²) in [6.07, 6.45) is 3.23. The molecule has 9 heteroatoms. The SMILES string of the molecule is C[n+]1ccn(Cc2ccc(COC3(C)O[C@@H]4O[C@H](COCc5ccccc5)[C@@H](OCc5ccccc5)[C@H](OCc5ccccc5)[C@@H]4O3)cc2)c1. The third kappa shape index (κ3) is 8.93. The Bertz CT molecular complexity index is 1750. The Balaban J connectivity index is 1.07. The van der Waals surface area contributed by atoms with Crippen molar-refractivity contribution < 1.29 is 37.7 Å². The summed E-state index contributed by atoms with van der Waals surface area (Å²) in [7, 11) is 2.02. The molecule has 2 aliphatic rings. The van der Waals surface area contributed by atoms with Gasteiger partial charge in [0.25, 0.3) is 5.97 Å². The van der Waals surface area contributed by atoms with Crippen molar-refractivity contribution >= 4 is 0 Å². The van der Waals surface area contributed by atoms with E-state index in [1.165, 1.54) is 5.56 Å². The highest BCUT2D eigenvalue weighted by Crippen LogP contribution is 2.40. The molecule has 1 unspecified atom stereocenters. The maximum absolute atomic E-state index is 6.67. The Hall–Kier alpha value is -4.19. The van der Waals surface area contributed by atoms with E-state index in [0.717, 1.165) is 28.8 Å². The molecule has 5 aromatic rings. The van der Waals surface area contributed by atoms with Crippen LogP contribution in [0.4, 0.5) is 0 Å². The Morgan fingerprint density at radius 3 is 1.82 bits per heavy atom. The van der Waals surface area contributed by atoms with E-state index in [2.05, 4.69) is 41.4 Å². The highest BCUT2D eigenvalue weighted by atomic mass is 16.9. The monoisotopic (exact) mass is 677 g/mol. The van der Waals surface area contributed by atoms with Crippen molar-refractivity contribution in [2.24, 2.45) is 7.05 Å². The van der Waals surface area contributed by atoms with Gasteiger partial charge in [-0.25, -0.2) is 9.13 Å². The van der Waals surface area contributed by atoms with Crippen molar-refractivity contribution in [3.8, 4) is 0 Å². The van der Waals surface area contributed by atoms with Crippen molar-refractivity contribution in [3.63, 3.8) is 0 Å². The van der Waals surface area contributed by atoms with Crippen molar-refractivity contribution in [1.82, 2.24) is 4.57 Å². The van der Waals surface area contributed by atoms with E-state index < -0.39 is 36.7 Å². The summed E-state index contributed by atoms with van der Waals surface area (Å²) in [4.78, 5) is 0. The van der Waals surface area contributed by atoms with E-state index in [9.17, 15) is 0 Å². The van der Waals surface area contributed by atoms with Crippen LogP contribution in [0.15, 0.2) is 134 Å². The molecule has 0 N–H and O–H groups in total. The van der Waals surface area contributed by atoms with Gasteiger partial charge in [0.15, 0.2) is 6.29 Å². The second kappa shape index (κ2) is 16.2. The predicted octanol–water partition coefficient (Wildman–Crippen LogP) is 6.08. The lowest BCUT2D eigenvalue weighted by Gasteiger charge is -2.42.